The first-order valence-electron chi connectivity index (χ1n) is 8.30. The Morgan fingerprint density at radius 3 is 3.00 bits per heavy atom. The van der Waals surface area contributed by atoms with E-state index in [4.69, 9.17) is 4.74 Å². The fourth-order valence-electron chi connectivity index (χ4n) is 3.09. The quantitative estimate of drug-likeness (QED) is 0.750. The van der Waals surface area contributed by atoms with Gasteiger partial charge < -0.3 is 9.30 Å². The molecule has 2 aromatic rings. The highest BCUT2D eigenvalue weighted by atomic mass is 19.1. The number of aryl methyl sites for hydroxylation is 1. The summed E-state index contributed by atoms with van der Waals surface area (Å²) in [6.45, 7) is 5.20. The molecule has 23 heavy (non-hydrogen) atoms. The minimum Gasteiger partial charge on any atom is -0.381 e. The Morgan fingerprint density at radius 1 is 1.35 bits per heavy atom. The lowest BCUT2D eigenvalue weighted by Crippen LogP contribution is -2.31. The molecule has 0 spiro atoms. The molecule has 1 aliphatic heterocycles. The molecule has 1 fully saturated rings. The van der Waals surface area contributed by atoms with E-state index in [1.807, 2.05) is 24.7 Å². The third-order valence-electron chi connectivity index (χ3n) is 4.34. The van der Waals surface area contributed by atoms with E-state index in [9.17, 15) is 4.39 Å². The lowest BCUT2D eigenvalue weighted by Gasteiger charge is -2.25. The van der Waals surface area contributed by atoms with E-state index in [0.717, 1.165) is 51.3 Å². The fourth-order valence-corrected chi connectivity index (χ4v) is 3.09. The summed E-state index contributed by atoms with van der Waals surface area (Å²) in [5, 5.41) is 0. The third kappa shape index (κ3) is 4.88. The Hall–Kier alpha value is -1.72. The number of nitrogens with zero attached hydrogens (tertiary/aromatic N) is 3. The second kappa shape index (κ2) is 8.22. The Morgan fingerprint density at radius 2 is 2.26 bits per heavy atom. The van der Waals surface area contributed by atoms with E-state index >= 15 is 0 Å². The SMILES string of the molecule is Fc1ccccc1CN(CCCn1ccnc1)C[C@@H]1CCOC1. The molecule has 0 saturated carbocycles. The molecule has 0 aliphatic carbocycles. The van der Waals surface area contributed by atoms with Crippen LogP contribution in [0.15, 0.2) is 43.0 Å². The number of rotatable bonds is 8. The number of hydrogen-bond acceptors (Lipinski definition) is 3. The van der Waals surface area contributed by atoms with Crippen LogP contribution in [0.25, 0.3) is 0 Å². The molecule has 1 atom stereocenters. The topological polar surface area (TPSA) is 30.3 Å². The van der Waals surface area contributed by atoms with Crippen molar-refractivity contribution in [2.75, 3.05) is 26.3 Å². The lowest BCUT2D eigenvalue weighted by molar-refractivity contribution is 0.162. The smallest absolute Gasteiger partial charge is 0.127 e. The van der Waals surface area contributed by atoms with Gasteiger partial charge in [0.1, 0.15) is 5.82 Å². The minimum absolute atomic E-state index is 0.116. The fraction of sp³-hybridized carbons (Fsp3) is 0.500. The van der Waals surface area contributed by atoms with Crippen molar-refractivity contribution in [3.63, 3.8) is 0 Å². The molecule has 0 radical (unpaired) electrons. The summed E-state index contributed by atoms with van der Waals surface area (Å²) in [5.41, 5.74) is 0.772. The molecular formula is C18H24FN3O. The average molecular weight is 317 g/mol. The largest absolute Gasteiger partial charge is 0.381 e. The van der Waals surface area contributed by atoms with Crippen molar-refractivity contribution in [2.24, 2.45) is 5.92 Å². The number of imidazole rings is 1. The molecule has 4 nitrogen and oxygen atoms in total. The van der Waals surface area contributed by atoms with Crippen molar-refractivity contribution in [1.82, 2.24) is 14.5 Å². The number of ether oxygens (including phenoxy) is 1. The van der Waals surface area contributed by atoms with Crippen molar-refractivity contribution in [1.29, 1.82) is 0 Å². The zero-order valence-corrected chi connectivity index (χ0v) is 13.4. The van der Waals surface area contributed by atoms with Crippen LogP contribution >= 0.6 is 0 Å². The number of benzene rings is 1. The van der Waals surface area contributed by atoms with Crippen LogP contribution in [0, 0.1) is 11.7 Å². The van der Waals surface area contributed by atoms with Gasteiger partial charge in [-0.05, 0) is 24.8 Å². The van der Waals surface area contributed by atoms with Crippen LogP contribution < -0.4 is 0 Å². The van der Waals surface area contributed by atoms with Gasteiger partial charge in [-0.3, -0.25) is 4.90 Å². The van der Waals surface area contributed by atoms with Gasteiger partial charge in [0.05, 0.1) is 12.9 Å². The van der Waals surface area contributed by atoms with Gasteiger partial charge in [-0.25, -0.2) is 9.37 Å². The molecule has 1 aromatic heterocycles. The molecule has 2 heterocycles. The molecule has 1 saturated heterocycles. The van der Waals surface area contributed by atoms with Gasteiger partial charge in [0.25, 0.3) is 0 Å². The monoisotopic (exact) mass is 317 g/mol. The van der Waals surface area contributed by atoms with E-state index in [1.54, 1.807) is 12.3 Å². The summed E-state index contributed by atoms with van der Waals surface area (Å²) in [4.78, 5) is 6.42. The third-order valence-corrected chi connectivity index (χ3v) is 4.34. The zero-order valence-electron chi connectivity index (χ0n) is 13.4. The van der Waals surface area contributed by atoms with Crippen LogP contribution in [0.3, 0.4) is 0 Å². The van der Waals surface area contributed by atoms with E-state index in [2.05, 4.69) is 14.5 Å². The van der Waals surface area contributed by atoms with E-state index in [1.165, 1.54) is 6.07 Å². The van der Waals surface area contributed by atoms with E-state index in [-0.39, 0.29) is 5.82 Å². The van der Waals surface area contributed by atoms with Crippen LogP contribution in [0.2, 0.25) is 0 Å². The summed E-state index contributed by atoms with van der Waals surface area (Å²) in [6, 6.07) is 7.06. The first-order valence-corrected chi connectivity index (χ1v) is 8.30. The summed E-state index contributed by atoms with van der Waals surface area (Å²) < 4.78 is 21.5. The van der Waals surface area contributed by atoms with Gasteiger partial charge in [0, 0.05) is 50.7 Å². The first kappa shape index (κ1) is 16.1. The second-order valence-corrected chi connectivity index (χ2v) is 6.21. The van der Waals surface area contributed by atoms with Gasteiger partial charge in [-0.2, -0.15) is 0 Å². The molecule has 0 unspecified atom stereocenters. The minimum atomic E-state index is -0.116. The maximum atomic E-state index is 13.9. The van der Waals surface area contributed by atoms with Crippen LogP contribution in [0.1, 0.15) is 18.4 Å². The summed E-state index contributed by atoms with van der Waals surface area (Å²) in [7, 11) is 0. The highest BCUT2D eigenvalue weighted by molar-refractivity contribution is 5.17. The first-order chi connectivity index (χ1) is 11.3. The highest BCUT2D eigenvalue weighted by Crippen LogP contribution is 2.17. The number of hydrogen-bond donors (Lipinski definition) is 0. The van der Waals surface area contributed by atoms with Gasteiger partial charge in [-0.15, -0.1) is 0 Å². The maximum absolute atomic E-state index is 13.9. The highest BCUT2D eigenvalue weighted by Gasteiger charge is 2.19. The normalized spacial score (nSPS) is 17.9. The molecule has 124 valence electrons. The molecule has 5 heteroatoms. The van der Waals surface area contributed by atoms with E-state index in [0.29, 0.717) is 12.5 Å². The average Bonchev–Trinajstić information content (AvgIpc) is 3.23. The number of aromatic nitrogens is 2. The zero-order chi connectivity index (χ0) is 15.9. The Bertz CT molecular complexity index is 582. The van der Waals surface area contributed by atoms with Gasteiger partial charge in [-0.1, -0.05) is 18.2 Å². The Balaban J connectivity index is 1.57. The lowest BCUT2D eigenvalue weighted by atomic mass is 10.1. The van der Waals surface area contributed by atoms with Crippen LogP contribution in [-0.4, -0.2) is 40.8 Å². The molecule has 1 aromatic carbocycles. The van der Waals surface area contributed by atoms with Crippen molar-refractivity contribution < 1.29 is 9.13 Å². The van der Waals surface area contributed by atoms with Gasteiger partial charge in [0.2, 0.25) is 0 Å². The molecule has 1 aliphatic rings. The Kier molecular flexibility index (Phi) is 5.77. The van der Waals surface area contributed by atoms with Crippen molar-refractivity contribution in [2.45, 2.75) is 25.9 Å². The van der Waals surface area contributed by atoms with Crippen LogP contribution in [0.4, 0.5) is 4.39 Å². The van der Waals surface area contributed by atoms with Crippen molar-refractivity contribution in [3.05, 3.63) is 54.4 Å². The standard InChI is InChI=1S/C18H24FN3O/c19-18-5-2-1-4-17(18)13-22(12-16-6-11-23-14-16)9-3-8-21-10-7-20-15-21/h1-2,4-5,7,10,15-16H,3,6,8-9,11-14H2/t16-/m0/s1. The molecular weight excluding hydrogens is 293 g/mol. The second-order valence-electron chi connectivity index (χ2n) is 6.21. The molecule has 0 N–H and O–H groups in total. The summed E-state index contributed by atoms with van der Waals surface area (Å²) in [6.07, 6.45) is 7.75. The van der Waals surface area contributed by atoms with Crippen molar-refractivity contribution in [3.8, 4) is 0 Å². The van der Waals surface area contributed by atoms with Gasteiger partial charge in [0.15, 0.2) is 0 Å². The van der Waals surface area contributed by atoms with Crippen LogP contribution in [-0.2, 0) is 17.8 Å². The van der Waals surface area contributed by atoms with Crippen molar-refractivity contribution >= 4 is 0 Å². The Labute approximate surface area is 136 Å². The molecule has 0 bridgehead atoms. The van der Waals surface area contributed by atoms with Gasteiger partial charge >= 0.3 is 0 Å². The molecule has 3 rings (SSSR count). The predicted molar refractivity (Wildman–Crippen MR) is 87.4 cm³/mol. The summed E-state index contributed by atoms with van der Waals surface area (Å²) in [5.74, 6) is 0.449. The predicted octanol–water partition coefficient (Wildman–Crippen LogP) is 2.95. The maximum Gasteiger partial charge on any atom is 0.127 e. The number of halogens is 1. The molecule has 0 amide bonds. The van der Waals surface area contributed by atoms with E-state index < -0.39 is 0 Å². The van der Waals surface area contributed by atoms with Crippen LogP contribution in [0.5, 0.6) is 0 Å². The summed E-state index contributed by atoms with van der Waals surface area (Å²) >= 11 is 0.